The Labute approximate surface area is 118 Å². The predicted octanol–water partition coefficient (Wildman–Crippen LogP) is 3.87. The van der Waals surface area contributed by atoms with E-state index in [0.29, 0.717) is 0 Å². The van der Waals surface area contributed by atoms with Gasteiger partial charge >= 0.3 is 0 Å². The van der Waals surface area contributed by atoms with E-state index in [1.165, 1.54) is 5.56 Å². The van der Waals surface area contributed by atoms with Gasteiger partial charge in [-0.05, 0) is 32.4 Å². The van der Waals surface area contributed by atoms with Gasteiger partial charge in [-0.15, -0.1) is 0 Å². The van der Waals surface area contributed by atoms with E-state index < -0.39 is 10.8 Å². The van der Waals surface area contributed by atoms with Gasteiger partial charge in [0.25, 0.3) is 0 Å². The van der Waals surface area contributed by atoms with E-state index in [4.69, 9.17) is 0 Å². The topological polar surface area (TPSA) is 29.1 Å². The van der Waals surface area contributed by atoms with Crippen LogP contribution in [0, 0.1) is 12.8 Å². The molecule has 0 radical (unpaired) electrons. The number of dihydropyridines is 1. The highest BCUT2D eigenvalue weighted by atomic mass is 32.2. The van der Waals surface area contributed by atoms with Gasteiger partial charge in [0.1, 0.15) is 0 Å². The summed E-state index contributed by atoms with van der Waals surface area (Å²) in [5, 5.41) is 3.36. The lowest BCUT2D eigenvalue weighted by molar-refractivity contribution is 0.676. The number of aryl methyl sites for hydroxylation is 1. The number of benzene rings is 1. The van der Waals surface area contributed by atoms with Crippen LogP contribution in [0.3, 0.4) is 0 Å². The summed E-state index contributed by atoms with van der Waals surface area (Å²) in [4.78, 5) is 1.89. The first-order chi connectivity index (χ1) is 9.02. The van der Waals surface area contributed by atoms with Crippen LogP contribution in [0.25, 0.3) is 0 Å². The fourth-order valence-electron chi connectivity index (χ4n) is 2.40. The van der Waals surface area contributed by atoms with Crippen molar-refractivity contribution in [1.29, 1.82) is 0 Å². The second kappa shape index (κ2) is 5.74. The zero-order valence-corrected chi connectivity index (χ0v) is 12.8. The third kappa shape index (κ3) is 2.98. The molecule has 0 fully saturated rings. The van der Waals surface area contributed by atoms with Crippen molar-refractivity contribution >= 4 is 10.8 Å². The average Bonchev–Trinajstić information content (AvgIpc) is 2.38. The number of allylic oxidation sites excluding steroid dienone is 4. The Morgan fingerprint density at radius 1 is 1.21 bits per heavy atom. The highest BCUT2D eigenvalue weighted by Crippen LogP contribution is 2.30. The minimum absolute atomic E-state index is 0.221. The molecule has 0 spiro atoms. The molecule has 1 unspecified atom stereocenters. The lowest BCUT2D eigenvalue weighted by Gasteiger charge is -2.25. The Bertz CT molecular complexity index is 555. The van der Waals surface area contributed by atoms with Gasteiger partial charge in [0.15, 0.2) is 0 Å². The molecule has 2 atom stereocenters. The molecule has 3 heteroatoms. The fraction of sp³-hybridized carbons (Fsp3) is 0.375. The van der Waals surface area contributed by atoms with E-state index in [9.17, 15) is 4.21 Å². The van der Waals surface area contributed by atoms with Gasteiger partial charge < -0.3 is 5.32 Å². The Balaban J connectivity index is 2.38. The third-order valence-corrected chi connectivity index (χ3v) is 5.07. The van der Waals surface area contributed by atoms with Crippen molar-refractivity contribution in [3.63, 3.8) is 0 Å². The molecule has 0 saturated heterocycles. The van der Waals surface area contributed by atoms with Crippen molar-refractivity contribution in [1.82, 2.24) is 5.32 Å². The van der Waals surface area contributed by atoms with Crippen molar-refractivity contribution in [2.24, 2.45) is 5.92 Å². The van der Waals surface area contributed by atoms with Gasteiger partial charge in [0.2, 0.25) is 0 Å². The molecule has 1 heterocycles. The van der Waals surface area contributed by atoms with Crippen LogP contribution in [-0.4, -0.2) is 4.21 Å². The molecule has 0 aliphatic carbocycles. The molecular weight excluding hydrogens is 254 g/mol. The molecule has 0 amide bonds. The Kier molecular flexibility index (Phi) is 4.25. The maximum Gasteiger partial charge on any atom is 0.0831 e. The monoisotopic (exact) mass is 275 g/mol. The number of rotatable bonds is 3. The van der Waals surface area contributed by atoms with E-state index in [1.807, 2.05) is 31.2 Å². The first-order valence-corrected chi connectivity index (χ1v) is 7.84. The van der Waals surface area contributed by atoms with Crippen molar-refractivity contribution in [2.75, 3.05) is 0 Å². The molecule has 2 rings (SSSR count). The van der Waals surface area contributed by atoms with Crippen LogP contribution in [-0.2, 0) is 10.8 Å². The van der Waals surface area contributed by atoms with Crippen LogP contribution in [0.15, 0.2) is 51.5 Å². The van der Waals surface area contributed by atoms with Crippen LogP contribution in [0.5, 0.6) is 0 Å². The lowest BCUT2D eigenvalue weighted by Crippen LogP contribution is -2.23. The van der Waals surface area contributed by atoms with E-state index in [1.54, 1.807) is 0 Å². The summed E-state index contributed by atoms with van der Waals surface area (Å²) in [7, 11) is -1.08. The molecule has 19 heavy (non-hydrogen) atoms. The van der Waals surface area contributed by atoms with Crippen molar-refractivity contribution < 1.29 is 4.21 Å². The van der Waals surface area contributed by atoms with E-state index in [-0.39, 0.29) is 5.92 Å². The Hall–Kier alpha value is -1.35. The van der Waals surface area contributed by atoms with Crippen LogP contribution >= 0.6 is 0 Å². The molecule has 1 aliphatic heterocycles. The first kappa shape index (κ1) is 14.1. The normalized spacial score (nSPS) is 20.8. The Morgan fingerprint density at radius 2 is 1.84 bits per heavy atom. The molecule has 0 bridgehead atoms. The standard InChI is InChI=1S/C16H21NOS/c1-5-15-16(12(3)10-13(4)17-15)19(18)14-8-6-11(2)7-9-14/h6-10,12,17H,5H2,1-4H3/t12-,19?/m1/s1. The zero-order chi connectivity index (χ0) is 14.0. The summed E-state index contributed by atoms with van der Waals surface area (Å²) in [6.45, 7) is 8.31. The van der Waals surface area contributed by atoms with Crippen LogP contribution in [0.2, 0.25) is 0 Å². The smallest absolute Gasteiger partial charge is 0.0831 e. The zero-order valence-electron chi connectivity index (χ0n) is 12.0. The fourth-order valence-corrected chi connectivity index (χ4v) is 3.86. The van der Waals surface area contributed by atoms with Gasteiger partial charge in [0.05, 0.1) is 10.8 Å². The molecule has 1 N–H and O–H groups in total. The average molecular weight is 275 g/mol. The van der Waals surface area contributed by atoms with Gasteiger partial charge in [-0.25, -0.2) is 4.21 Å². The van der Waals surface area contributed by atoms with E-state index in [0.717, 1.165) is 27.6 Å². The predicted molar refractivity (Wildman–Crippen MR) is 81.0 cm³/mol. The molecule has 1 aromatic carbocycles. The van der Waals surface area contributed by atoms with Gasteiger partial charge in [0, 0.05) is 27.1 Å². The maximum absolute atomic E-state index is 12.8. The molecule has 102 valence electrons. The number of hydrogen-bond acceptors (Lipinski definition) is 2. The van der Waals surface area contributed by atoms with Crippen LogP contribution in [0.1, 0.15) is 32.8 Å². The van der Waals surface area contributed by atoms with Crippen LogP contribution < -0.4 is 5.32 Å². The Morgan fingerprint density at radius 3 is 2.42 bits per heavy atom. The third-order valence-electron chi connectivity index (χ3n) is 3.35. The summed E-state index contributed by atoms with van der Waals surface area (Å²) in [5.74, 6) is 0.221. The summed E-state index contributed by atoms with van der Waals surface area (Å²) in [6.07, 6.45) is 3.02. The first-order valence-electron chi connectivity index (χ1n) is 6.69. The molecule has 1 aliphatic rings. The lowest BCUT2D eigenvalue weighted by atomic mass is 10.0. The summed E-state index contributed by atoms with van der Waals surface area (Å²) in [5.41, 5.74) is 3.44. The highest BCUT2D eigenvalue weighted by molar-refractivity contribution is 7.89. The molecule has 0 saturated carbocycles. The number of nitrogens with one attached hydrogen (secondary N) is 1. The summed E-state index contributed by atoms with van der Waals surface area (Å²) >= 11 is 0. The highest BCUT2D eigenvalue weighted by Gasteiger charge is 2.23. The van der Waals surface area contributed by atoms with Gasteiger partial charge in [-0.3, -0.25) is 0 Å². The minimum atomic E-state index is -1.08. The van der Waals surface area contributed by atoms with Crippen molar-refractivity contribution in [3.8, 4) is 0 Å². The van der Waals surface area contributed by atoms with Crippen molar-refractivity contribution in [2.45, 2.75) is 39.0 Å². The quantitative estimate of drug-likeness (QED) is 0.907. The second-order valence-electron chi connectivity index (χ2n) is 5.04. The van der Waals surface area contributed by atoms with Crippen LogP contribution in [0.4, 0.5) is 0 Å². The molecule has 0 aromatic heterocycles. The minimum Gasteiger partial charge on any atom is -0.362 e. The largest absolute Gasteiger partial charge is 0.362 e. The van der Waals surface area contributed by atoms with Gasteiger partial charge in [-0.1, -0.05) is 37.6 Å². The second-order valence-corrected chi connectivity index (χ2v) is 6.49. The van der Waals surface area contributed by atoms with Gasteiger partial charge in [-0.2, -0.15) is 0 Å². The van der Waals surface area contributed by atoms with Crippen molar-refractivity contribution in [3.05, 3.63) is 52.2 Å². The van der Waals surface area contributed by atoms with E-state index >= 15 is 0 Å². The number of hydrogen-bond donors (Lipinski definition) is 1. The maximum atomic E-state index is 12.8. The SMILES string of the molecule is CCC1=C(S(=O)c2ccc(C)cc2)[C@H](C)C=C(C)N1. The molecule has 2 nitrogen and oxygen atoms in total. The summed E-state index contributed by atoms with van der Waals surface area (Å²) in [6, 6.07) is 7.95. The molecule has 1 aromatic rings. The van der Waals surface area contributed by atoms with E-state index in [2.05, 4.69) is 32.2 Å². The molecular formula is C16H21NOS. The summed E-state index contributed by atoms with van der Waals surface area (Å²) < 4.78 is 12.8.